The summed E-state index contributed by atoms with van der Waals surface area (Å²) in [5.74, 6) is 0. The Hall–Kier alpha value is -0.640. The fourth-order valence-corrected chi connectivity index (χ4v) is 2.54. The predicted octanol–water partition coefficient (Wildman–Crippen LogP) is 0.321. The summed E-state index contributed by atoms with van der Waals surface area (Å²) < 4.78 is 24.7. The molecule has 0 rings (SSSR count). The van der Waals surface area contributed by atoms with Crippen molar-refractivity contribution in [1.29, 1.82) is 5.26 Å². The number of sulfonamides is 1. The fourth-order valence-electron chi connectivity index (χ4n) is 1.10. The largest absolute Gasteiger partial charge is 0.389 e. The molecule has 1 N–H and O–H groups in total. The Bertz CT molecular complexity index is 337. The molecule has 0 saturated carbocycles. The number of likely N-dealkylation sites (N-methyl/N-ethyl adjacent to an activating group) is 1. The van der Waals surface area contributed by atoms with Crippen LogP contribution < -0.4 is 0 Å². The number of aliphatic hydroxyl groups is 1. The van der Waals surface area contributed by atoms with Crippen LogP contribution in [0.15, 0.2) is 0 Å². The van der Waals surface area contributed by atoms with Crippen molar-refractivity contribution >= 4 is 10.0 Å². The summed E-state index contributed by atoms with van der Waals surface area (Å²) in [6, 6.07) is 1.69. The lowest BCUT2D eigenvalue weighted by molar-refractivity contribution is 0.0600. The monoisotopic (exact) mass is 234 g/mol. The molecule has 0 radical (unpaired) electrons. The van der Waals surface area contributed by atoms with Gasteiger partial charge >= 0.3 is 0 Å². The first kappa shape index (κ1) is 14.4. The molecule has 6 heteroatoms. The normalized spacial score (nSPS) is 15.0. The van der Waals surface area contributed by atoms with E-state index in [2.05, 4.69) is 0 Å². The quantitative estimate of drug-likeness (QED) is 0.742. The van der Waals surface area contributed by atoms with Crippen LogP contribution in [0, 0.1) is 11.3 Å². The number of nitrogens with zero attached hydrogens (tertiary/aromatic N) is 2. The van der Waals surface area contributed by atoms with Crippen molar-refractivity contribution < 1.29 is 13.5 Å². The van der Waals surface area contributed by atoms with Gasteiger partial charge in [0.2, 0.25) is 10.0 Å². The molecule has 0 heterocycles. The van der Waals surface area contributed by atoms with E-state index < -0.39 is 20.9 Å². The molecule has 0 aromatic heterocycles. The van der Waals surface area contributed by atoms with Crippen LogP contribution in [0.3, 0.4) is 0 Å². The molecule has 1 atom stereocenters. The average molecular weight is 234 g/mol. The Labute approximate surface area is 91.4 Å². The van der Waals surface area contributed by atoms with E-state index in [0.29, 0.717) is 0 Å². The van der Waals surface area contributed by atoms with E-state index in [1.807, 2.05) is 0 Å². The summed E-state index contributed by atoms with van der Waals surface area (Å²) in [4.78, 5) is 0. The van der Waals surface area contributed by atoms with Gasteiger partial charge in [0.1, 0.15) is 0 Å². The van der Waals surface area contributed by atoms with Gasteiger partial charge in [-0.3, -0.25) is 0 Å². The third-order valence-electron chi connectivity index (χ3n) is 1.90. The molecule has 88 valence electrons. The van der Waals surface area contributed by atoms with Crippen molar-refractivity contribution in [2.75, 3.05) is 13.1 Å². The van der Waals surface area contributed by atoms with Crippen molar-refractivity contribution in [2.24, 2.45) is 0 Å². The molecule has 0 fully saturated rings. The minimum atomic E-state index is -3.62. The van der Waals surface area contributed by atoms with Gasteiger partial charge in [-0.2, -0.15) is 9.57 Å². The van der Waals surface area contributed by atoms with E-state index in [4.69, 9.17) is 5.26 Å². The zero-order chi connectivity index (χ0) is 12.3. The van der Waals surface area contributed by atoms with E-state index in [9.17, 15) is 13.5 Å². The molecule has 0 aliphatic carbocycles. The lowest BCUT2D eigenvalue weighted by Crippen LogP contribution is -2.45. The topological polar surface area (TPSA) is 81.4 Å². The van der Waals surface area contributed by atoms with Gasteiger partial charge in [-0.1, -0.05) is 6.92 Å². The van der Waals surface area contributed by atoms with Crippen LogP contribution in [0.1, 0.15) is 27.7 Å². The van der Waals surface area contributed by atoms with Crippen LogP contribution in [0.5, 0.6) is 0 Å². The molecule has 15 heavy (non-hydrogen) atoms. The zero-order valence-electron chi connectivity index (χ0n) is 9.56. The molecule has 0 bridgehead atoms. The number of hydrogen-bond donors (Lipinski definition) is 1. The van der Waals surface area contributed by atoms with Crippen LogP contribution in [0.25, 0.3) is 0 Å². The highest BCUT2D eigenvalue weighted by Crippen LogP contribution is 2.13. The van der Waals surface area contributed by atoms with Gasteiger partial charge in [0.25, 0.3) is 0 Å². The van der Waals surface area contributed by atoms with Gasteiger partial charge in [0.05, 0.1) is 11.7 Å². The maximum absolute atomic E-state index is 11.8. The summed E-state index contributed by atoms with van der Waals surface area (Å²) in [6.45, 7) is 6.32. The maximum Gasteiger partial charge on any atom is 0.230 e. The van der Waals surface area contributed by atoms with Crippen molar-refractivity contribution in [3.63, 3.8) is 0 Å². The first-order chi connectivity index (χ1) is 6.65. The molecule has 0 spiro atoms. The second-order valence-electron chi connectivity index (χ2n) is 4.05. The van der Waals surface area contributed by atoms with Crippen LogP contribution in [-0.2, 0) is 10.0 Å². The Kier molecular flexibility index (Phi) is 4.71. The standard InChI is InChI=1S/C9H18N2O3S/c1-5-11(7-9(3,4)12)15(13,14)8(2)6-10/h8,12H,5,7H2,1-4H3. The van der Waals surface area contributed by atoms with Crippen LogP contribution in [0.4, 0.5) is 0 Å². The van der Waals surface area contributed by atoms with E-state index >= 15 is 0 Å². The Morgan fingerprint density at radius 1 is 1.53 bits per heavy atom. The summed E-state index contributed by atoms with van der Waals surface area (Å²) in [7, 11) is -3.62. The molecular formula is C9H18N2O3S. The molecule has 0 aromatic carbocycles. The van der Waals surface area contributed by atoms with E-state index in [1.165, 1.54) is 20.8 Å². The Morgan fingerprint density at radius 2 is 2.00 bits per heavy atom. The maximum atomic E-state index is 11.8. The minimum Gasteiger partial charge on any atom is -0.389 e. The molecule has 0 aliphatic heterocycles. The number of hydrogen-bond acceptors (Lipinski definition) is 4. The van der Waals surface area contributed by atoms with Crippen molar-refractivity contribution in [1.82, 2.24) is 4.31 Å². The van der Waals surface area contributed by atoms with E-state index in [-0.39, 0.29) is 13.1 Å². The third-order valence-corrected chi connectivity index (χ3v) is 4.01. The highest BCUT2D eigenvalue weighted by molar-refractivity contribution is 7.89. The first-order valence-corrected chi connectivity index (χ1v) is 6.26. The van der Waals surface area contributed by atoms with Gasteiger partial charge in [-0.15, -0.1) is 0 Å². The summed E-state index contributed by atoms with van der Waals surface area (Å²) in [5, 5.41) is 17.1. The molecule has 0 amide bonds. The van der Waals surface area contributed by atoms with Crippen molar-refractivity contribution in [3.05, 3.63) is 0 Å². The molecule has 0 aliphatic rings. The lowest BCUT2D eigenvalue weighted by atomic mass is 10.1. The highest BCUT2D eigenvalue weighted by Gasteiger charge is 2.31. The average Bonchev–Trinajstić information content (AvgIpc) is 2.10. The fraction of sp³-hybridized carbons (Fsp3) is 0.889. The second-order valence-corrected chi connectivity index (χ2v) is 6.31. The minimum absolute atomic E-state index is 0.00213. The Morgan fingerprint density at radius 3 is 2.27 bits per heavy atom. The molecule has 0 aromatic rings. The number of rotatable bonds is 5. The smallest absolute Gasteiger partial charge is 0.230 e. The lowest BCUT2D eigenvalue weighted by Gasteiger charge is -2.28. The summed E-state index contributed by atoms with van der Waals surface area (Å²) >= 11 is 0. The molecule has 0 saturated heterocycles. The number of nitriles is 1. The van der Waals surface area contributed by atoms with Gasteiger partial charge in [-0.05, 0) is 20.8 Å². The van der Waals surface area contributed by atoms with E-state index in [1.54, 1.807) is 13.0 Å². The Balaban J connectivity index is 4.93. The van der Waals surface area contributed by atoms with Gasteiger partial charge < -0.3 is 5.11 Å². The van der Waals surface area contributed by atoms with Crippen LogP contribution in [0.2, 0.25) is 0 Å². The zero-order valence-corrected chi connectivity index (χ0v) is 10.4. The summed E-state index contributed by atoms with van der Waals surface area (Å²) in [5.41, 5.74) is -1.10. The van der Waals surface area contributed by atoms with Gasteiger partial charge in [-0.25, -0.2) is 8.42 Å². The van der Waals surface area contributed by atoms with Gasteiger partial charge in [0.15, 0.2) is 5.25 Å². The van der Waals surface area contributed by atoms with Crippen LogP contribution >= 0.6 is 0 Å². The predicted molar refractivity (Wildman–Crippen MR) is 57.5 cm³/mol. The summed E-state index contributed by atoms with van der Waals surface area (Å²) in [6.07, 6.45) is 0. The highest BCUT2D eigenvalue weighted by atomic mass is 32.2. The van der Waals surface area contributed by atoms with E-state index in [0.717, 1.165) is 4.31 Å². The second kappa shape index (κ2) is 4.92. The van der Waals surface area contributed by atoms with Crippen LogP contribution in [-0.4, -0.2) is 41.8 Å². The molecule has 1 unspecified atom stereocenters. The SMILES string of the molecule is CCN(CC(C)(C)O)S(=O)(=O)C(C)C#N. The molecular weight excluding hydrogens is 216 g/mol. The van der Waals surface area contributed by atoms with Crippen molar-refractivity contribution in [2.45, 2.75) is 38.5 Å². The van der Waals surface area contributed by atoms with Crippen molar-refractivity contribution in [3.8, 4) is 6.07 Å². The van der Waals surface area contributed by atoms with Gasteiger partial charge in [0, 0.05) is 13.1 Å². The molecule has 5 nitrogen and oxygen atoms in total. The third kappa shape index (κ3) is 4.16. The first-order valence-electron chi connectivity index (χ1n) is 4.76.